The van der Waals surface area contributed by atoms with Crippen LogP contribution in [-0.4, -0.2) is 76.5 Å². The highest BCUT2D eigenvalue weighted by atomic mass is 32.2. The van der Waals surface area contributed by atoms with Crippen LogP contribution in [0, 0.1) is 0 Å². The van der Waals surface area contributed by atoms with E-state index in [0.717, 1.165) is 40.6 Å². The van der Waals surface area contributed by atoms with E-state index in [1.54, 1.807) is 11.8 Å². The third-order valence-electron chi connectivity index (χ3n) is 6.32. The summed E-state index contributed by atoms with van der Waals surface area (Å²) in [6.07, 6.45) is 6.43. The average Bonchev–Trinajstić information content (AvgIpc) is 3.73. The maximum atomic E-state index is 5.91. The molecule has 5 aromatic rings. The Morgan fingerprint density at radius 2 is 1.92 bits per heavy atom. The first-order chi connectivity index (χ1) is 18.7. The number of thioether (sulfide) groups is 1. The second-order valence-corrected chi connectivity index (χ2v) is 10.1. The number of rotatable bonds is 11. The molecule has 0 aliphatic carbocycles. The summed E-state index contributed by atoms with van der Waals surface area (Å²) in [6.45, 7) is 4.76. The van der Waals surface area contributed by atoms with E-state index in [0.29, 0.717) is 30.2 Å². The molecule has 0 saturated carbocycles. The quantitative estimate of drug-likeness (QED) is 0.217. The lowest BCUT2D eigenvalue weighted by atomic mass is 10.2. The number of likely N-dealkylation sites (tertiary alicyclic amines) is 1. The summed E-state index contributed by atoms with van der Waals surface area (Å²) in [5, 5.41) is 20.9. The summed E-state index contributed by atoms with van der Waals surface area (Å²) in [5.41, 5.74) is 9.08. The topological polar surface area (TPSA) is 140 Å². The summed E-state index contributed by atoms with van der Waals surface area (Å²) in [7, 11) is 0. The van der Waals surface area contributed by atoms with E-state index in [-0.39, 0.29) is 0 Å². The van der Waals surface area contributed by atoms with Gasteiger partial charge in [-0.1, -0.05) is 17.8 Å². The zero-order valence-corrected chi connectivity index (χ0v) is 21.6. The summed E-state index contributed by atoms with van der Waals surface area (Å²) >= 11 is 1.54. The third kappa shape index (κ3) is 5.73. The number of nitrogens with zero attached hydrogens (tertiary/aromatic N) is 8. The van der Waals surface area contributed by atoms with Crippen LogP contribution in [-0.2, 0) is 6.54 Å². The molecule has 1 aliphatic rings. The van der Waals surface area contributed by atoms with E-state index in [1.807, 2.05) is 64.1 Å². The number of hydrogen-bond donors (Lipinski definition) is 3. The molecule has 1 saturated heterocycles. The van der Waals surface area contributed by atoms with Gasteiger partial charge in [0.25, 0.3) is 0 Å². The van der Waals surface area contributed by atoms with Crippen LogP contribution in [0.3, 0.4) is 0 Å². The maximum absolute atomic E-state index is 5.91. The molecular weight excluding hydrogens is 502 g/mol. The molecule has 0 radical (unpaired) electrons. The number of pyridine rings is 1. The molecule has 196 valence electrons. The minimum atomic E-state index is 0.318. The Balaban J connectivity index is 1.08. The lowest BCUT2D eigenvalue weighted by molar-refractivity contribution is 0.238. The molecule has 1 fully saturated rings. The highest BCUT2D eigenvalue weighted by Gasteiger charge is 2.12. The van der Waals surface area contributed by atoms with Crippen molar-refractivity contribution in [3.8, 4) is 17.0 Å². The summed E-state index contributed by atoms with van der Waals surface area (Å²) in [5.74, 6) is 2.48. The number of ether oxygens (including phenoxy) is 1. The van der Waals surface area contributed by atoms with Gasteiger partial charge >= 0.3 is 0 Å². The molecule has 0 amide bonds. The van der Waals surface area contributed by atoms with Gasteiger partial charge in [-0.25, -0.2) is 4.52 Å². The Hall–Kier alpha value is -4.10. The van der Waals surface area contributed by atoms with Crippen molar-refractivity contribution >= 4 is 35.0 Å². The lowest BCUT2D eigenvalue weighted by Gasteiger charge is -2.15. The van der Waals surface area contributed by atoms with E-state index in [2.05, 4.69) is 35.5 Å². The van der Waals surface area contributed by atoms with Crippen molar-refractivity contribution in [2.24, 2.45) is 0 Å². The average molecular weight is 532 g/mol. The van der Waals surface area contributed by atoms with Crippen LogP contribution in [0.4, 0.5) is 17.6 Å². The van der Waals surface area contributed by atoms with Gasteiger partial charge in [0, 0.05) is 29.7 Å². The Bertz CT molecular complexity index is 1490. The fraction of sp³-hybridized carbons (Fsp3) is 0.320. The Morgan fingerprint density at radius 1 is 1.05 bits per heavy atom. The van der Waals surface area contributed by atoms with Crippen molar-refractivity contribution in [1.29, 1.82) is 0 Å². The molecule has 1 aromatic carbocycles. The predicted molar refractivity (Wildman–Crippen MR) is 147 cm³/mol. The molecule has 1 aliphatic heterocycles. The van der Waals surface area contributed by atoms with Crippen LogP contribution in [0.2, 0.25) is 0 Å². The van der Waals surface area contributed by atoms with Crippen LogP contribution >= 0.6 is 11.8 Å². The number of aromatic nitrogens is 8. The minimum Gasteiger partial charge on any atom is -0.492 e. The van der Waals surface area contributed by atoms with Crippen LogP contribution < -0.4 is 15.8 Å². The molecule has 12 nitrogen and oxygen atoms in total. The van der Waals surface area contributed by atoms with Crippen molar-refractivity contribution in [3.05, 3.63) is 54.9 Å². The second kappa shape index (κ2) is 11.1. The van der Waals surface area contributed by atoms with Crippen LogP contribution in [0.15, 0.2) is 60.0 Å². The standard InChI is InChI=1S/C25H29N11OS/c26-23-30-25(32-31-23)38-15-13-35-17-18(16-27-35)21-4-3-5-22-29-24(33-36(21)22)28-19-6-8-20(9-7-19)37-14-12-34-10-1-2-11-34/h3-9,16-17H,1-2,10-15H2,(H,28,33)(H3,26,30,31,32). The first-order valence-electron chi connectivity index (χ1n) is 12.6. The number of anilines is 3. The van der Waals surface area contributed by atoms with E-state index in [1.165, 1.54) is 25.9 Å². The van der Waals surface area contributed by atoms with Crippen molar-refractivity contribution in [2.45, 2.75) is 24.5 Å². The van der Waals surface area contributed by atoms with Crippen molar-refractivity contribution in [3.63, 3.8) is 0 Å². The van der Waals surface area contributed by atoms with Crippen molar-refractivity contribution in [1.82, 2.24) is 44.5 Å². The molecule has 38 heavy (non-hydrogen) atoms. The highest BCUT2D eigenvalue weighted by molar-refractivity contribution is 7.99. The summed E-state index contributed by atoms with van der Waals surface area (Å²) < 4.78 is 9.63. The molecule has 0 bridgehead atoms. The monoisotopic (exact) mass is 531 g/mol. The van der Waals surface area contributed by atoms with Crippen molar-refractivity contribution < 1.29 is 4.74 Å². The molecule has 4 aromatic heterocycles. The Labute approximate surface area is 223 Å². The van der Waals surface area contributed by atoms with E-state index in [9.17, 15) is 0 Å². The van der Waals surface area contributed by atoms with E-state index >= 15 is 0 Å². The molecule has 0 unspecified atom stereocenters. The normalized spacial score (nSPS) is 13.9. The fourth-order valence-corrected chi connectivity index (χ4v) is 5.16. The number of aromatic amines is 1. The minimum absolute atomic E-state index is 0.318. The van der Waals surface area contributed by atoms with Gasteiger partial charge in [0.15, 0.2) is 10.8 Å². The van der Waals surface area contributed by atoms with Crippen LogP contribution in [0.1, 0.15) is 12.8 Å². The van der Waals surface area contributed by atoms with E-state index in [4.69, 9.17) is 15.6 Å². The Kier molecular flexibility index (Phi) is 7.09. The summed E-state index contributed by atoms with van der Waals surface area (Å²) in [6, 6.07) is 13.8. The molecule has 13 heteroatoms. The zero-order chi connectivity index (χ0) is 25.7. The molecular formula is C25H29N11OS. The van der Waals surface area contributed by atoms with Crippen LogP contribution in [0.25, 0.3) is 16.9 Å². The summed E-state index contributed by atoms with van der Waals surface area (Å²) in [4.78, 5) is 10.0. The van der Waals surface area contributed by atoms with Gasteiger partial charge in [-0.05, 0) is 62.3 Å². The first-order valence-corrected chi connectivity index (χ1v) is 13.6. The van der Waals surface area contributed by atoms with Crippen LogP contribution in [0.5, 0.6) is 5.75 Å². The maximum Gasteiger partial charge on any atom is 0.247 e. The molecule has 6 rings (SSSR count). The molecule has 0 atom stereocenters. The van der Waals surface area contributed by atoms with Gasteiger partial charge in [0.2, 0.25) is 11.9 Å². The molecule has 4 N–H and O–H groups in total. The van der Waals surface area contributed by atoms with Gasteiger partial charge in [0.1, 0.15) is 12.4 Å². The first kappa shape index (κ1) is 24.2. The van der Waals surface area contributed by atoms with Gasteiger partial charge in [-0.2, -0.15) is 10.1 Å². The number of nitrogen functional groups attached to an aromatic ring is 1. The molecule has 0 spiro atoms. The third-order valence-corrected chi connectivity index (χ3v) is 7.16. The van der Waals surface area contributed by atoms with Gasteiger partial charge in [0.05, 0.1) is 18.4 Å². The SMILES string of the molecule is Nc1nnc(SCCn2cc(-c3cccc4nc(Nc5ccc(OCCN6CCCC6)cc5)nn34)cn2)[nH]1. The van der Waals surface area contributed by atoms with Gasteiger partial charge in [-0.15, -0.1) is 15.3 Å². The Morgan fingerprint density at radius 3 is 2.74 bits per heavy atom. The largest absolute Gasteiger partial charge is 0.492 e. The van der Waals surface area contributed by atoms with Crippen molar-refractivity contribution in [2.75, 3.05) is 43.0 Å². The number of fused-ring (bicyclic) bond motifs is 1. The van der Waals surface area contributed by atoms with Gasteiger partial charge in [-0.3, -0.25) is 9.58 Å². The highest BCUT2D eigenvalue weighted by Crippen LogP contribution is 2.23. The predicted octanol–water partition coefficient (Wildman–Crippen LogP) is 3.30. The number of nitrogens with one attached hydrogen (secondary N) is 2. The molecule has 5 heterocycles. The fourth-order valence-electron chi connectivity index (χ4n) is 4.42. The van der Waals surface area contributed by atoms with Gasteiger partial charge < -0.3 is 20.8 Å². The number of hydrogen-bond acceptors (Lipinski definition) is 10. The number of H-pyrrole nitrogens is 1. The number of nitrogens with two attached hydrogens (primary N) is 1. The second-order valence-electron chi connectivity index (χ2n) is 9.02. The smallest absolute Gasteiger partial charge is 0.247 e. The van der Waals surface area contributed by atoms with E-state index < -0.39 is 0 Å². The number of aryl methyl sites for hydroxylation is 1. The number of benzene rings is 1. The lowest BCUT2D eigenvalue weighted by Crippen LogP contribution is -2.25. The zero-order valence-electron chi connectivity index (χ0n) is 20.8.